The highest BCUT2D eigenvalue weighted by Crippen LogP contribution is 2.32. The van der Waals surface area contributed by atoms with Gasteiger partial charge in [0.15, 0.2) is 11.4 Å². The summed E-state index contributed by atoms with van der Waals surface area (Å²) in [6, 6.07) is 9.37. The van der Waals surface area contributed by atoms with Crippen molar-refractivity contribution >= 4 is 17.0 Å². The Bertz CT molecular complexity index is 1140. The zero-order valence-electron chi connectivity index (χ0n) is 15.8. The van der Waals surface area contributed by atoms with Crippen molar-refractivity contribution in [3.63, 3.8) is 0 Å². The molecule has 2 fully saturated rings. The van der Waals surface area contributed by atoms with Gasteiger partial charge in [-0.2, -0.15) is 4.98 Å². The lowest BCUT2D eigenvalue weighted by Crippen LogP contribution is -2.45. The van der Waals surface area contributed by atoms with E-state index in [2.05, 4.69) is 15.0 Å². The Balaban J connectivity index is 1.43. The van der Waals surface area contributed by atoms with E-state index in [-0.39, 0.29) is 12.2 Å². The van der Waals surface area contributed by atoms with Gasteiger partial charge in [-0.25, -0.2) is 9.78 Å². The molecule has 1 aromatic carbocycles. The summed E-state index contributed by atoms with van der Waals surface area (Å²) in [5.74, 6) is 0.00789. The molecule has 29 heavy (non-hydrogen) atoms. The van der Waals surface area contributed by atoms with E-state index in [1.54, 1.807) is 0 Å². The van der Waals surface area contributed by atoms with Crippen LogP contribution in [-0.2, 0) is 16.0 Å². The molecule has 1 N–H and O–H groups in total. The number of aromatic amines is 1. The number of piperidine rings is 1. The molecule has 0 unspecified atom stereocenters. The van der Waals surface area contributed by atoms with Crippen LogP contribution in [0.1, 0.15) is 18.4 Å². The molecule has 4 heterocycles. The van der Waals surface area contributed by atoms with E-state index >= 15 is 0 Å². The van der Waals surface area contributed by atoms with Gasteiger partial charge in [-0.15, -0.1) is 0 Å². The number of fused-ring (bicyclic) bond motifs is 1. The lowest BCUT2D eigenvalue weighted by atomic mass is 10.0. The minimum absolute atomic E-state index is 0.195. The van der Waals surface area contributed by atoms with Gasteiger partial charge in [0.25, 0.3) is 5.56 Å². The van der Waals surface area contributed by atoms with Crippen molar-refractivity contribution in [2.24, 2.45) is 0 Å². The van der Waals surface area contributed by atoms with Crippen LogP contribution >= 0.6 is 0 Å². The van der Waals surface area contributed by atoms with E-state index in [0.717, 1.165) is 18.4 Å². The lowest BCUT2D eigenvalue weighted by Gasteiger charge is -2.37. The molecular formula is C20H21N5O4. The maximum Gasteiger partial charge on any atom is 0.330 e. The number of hydrogen-bond donors (Lipinski definition) is 1. The zero-order chi connectivity index (χ0) is 19.8. The molecule has 150 valence electrons. The Morgan fingerprint density at radius 2 is 1.79 bits per heavy atom. The molecule has 0 aliphatic carbocycles. The predicted octanol–water partition coefficient (Wildman–Crippen LogP) is 0.871. The number of rotatable bonds is 3. The predicted molar refractivity (Wildman–Crippen MR) is 106 cm³/mol. The van der Waals surface area contributed by atoms with Gasteiger partial charge in [0, 0.05) is 32.1 Å². The van der Waals surface area contributed by atoms with Gasteiger partial charge in [0.2, 0.25) is 5.95 Å². The number of hydrogen-bond acceptors (Lipinski definition) is 7. The molecule has 2 aliphatic heterocycles. The molecule has 9 nitrogen and oxygen atoms in total. The van der Waals surface area contributed by atoms with Crippen LogP contribution in [0.15, 0.2) is 46.1 Å². The molecule has 5 rings (SSSR count). The molecule has 3 aromatic rings. The number of nitrogens with one attached hydrogen (secondary N) is 1. The van der Waals surface area contributed by atoms with Crippen LogP contribution in [0.5, 0.6) is 0 Å². The fourth-order valence-corrected chi connectivity index (χ4v) is 3.93. The van der Waals surface area contributed by atoms with Crippen LogP contribution in [0.3, 0.4) is 0 Å². The summed E-state index contributed by atoms with van der Waals surface area (Å²) in [6.07, 6.45) is 2.94. The van der Waals surface area contributed by atoms with Gasteiger partial charge in [-0.05, 0) is 5.56 Å². The van der Waals surface area contributed by atoms with E-state index in [1.165, 1.54) is 10.8 Å². The van der Waals surface area contributed by atoms with Crippen molar-refractivity contribution in [2.75, 3.05) is 31.2 Å². The van der Waals surface area contributed by atoms with Gasteiger partial charge in [-0.3, -0.25) is 14.3 Å². The van der Waals surface area contributed by atoms with Crippen LogP contribution in [0, 0.1) is 0 Å². The smallest absolute Gasteiger partial charge is 0.330 e. The third kappa shape index (κ3) is 3.32. The SMILES string of the molecule is O=c1[nH]c2nc(N3CCC4(CC3)OCCO4)ncc2c(=O)n1Cc1ccccc1. The number of nitrogens with zero attached hydrogens (tertiary/aromatic N) is 4. The van der Waals surface area contributed by atoms with Gasteiger partial charge in [-0.1, -0.05) is 30.3 Å². The standard InChI is InChI=1S/C20H21N5O4/c26-17-15-12-21-18(24-8-6-20(7-9-24)28-10-11-29-20)22-16(15)23-19(27)25(17)13-14-4-2-1-3-5-14/h1-5,12H,6-11,13H2,(H,21,22,23,27). The summed E-state index contributed by atoms with van der Waals surface area (Å²) in [4.78, 5) is 38.9. The summed E-state index contributed by atoms with van der Waals surface area (Å²) < 4.78 is 12.7. The Morgan fingerprint density at radius 3 is 2.52 bits per heavy atom. The van der Waals surface area contributed by atoms with E-state index < -0.39 is 17.0 Å². The monoisotopic (exact) mass is 395 g/mol. The van der Waals surface area contributed by atoms with Crippen molar-refractivity contribution in [3.05, 3.63) is 62.9 Å². The summed E-state index contributed by atoms with van der Waals surface area (Å²) in [5, 5.41) is 0.292. The highest BCUT2D eigenvalue weighted by Gasteiger charge is 2.40. The van der Waals surface area contributed by atoms with Gasteiger partial charge in [0.05, 0.1) is 19.8 Å². The fourth-order valence-electron chi connectivity index (χ4n) is 3.93. The Labute approximate surface area is 165 Å². The molecule has 1 spiro atoms. The average Bonchev–Trinajstić information content (AvgIpc) is 3.20. The molecular weight excluding hydrogens is 374 g/mol. The lowest BCUT2D eigenvalue weighted by molar-refractivity contribution is -0.169. The topological polar surface area (TPSA) is 102 Å². The van der Waals surface area contributed by atoms with Crippen molar-refractivity contribution in [1.82, 2.24) is 19.5 Å². The molecule has 0 amide bonds. The fraction of sp³-hybridized carbons (Fsp3) is 0.400. The summed E-state index contributed by atoms with van der Waals surface area (Å²) in [5.41, 5.74) is 0.240. The quantitative estimate of drug-likeness (QED) is 0.702. The first-order valence-corrected chi connectivity index (χ1v) is 9.70. The van der Waals surface area contributed by atoms with Crippen LogP contribution in [0.25, 0.3) is 11.0 Å². The normalized spacial score (nSPS) is 18.6. The van der Waals surface area contributed by atoms with Gasteiger partial charge in [0.1, 0.15) is 5.39 Å². The number of H-pyrrole nitrogens is 1. The van der Waals surface area contributed by atoms with Crippen LogP contribution < -0.4 is 16.1 Å². The third-order valence-electron chi connectivity index (χ3n) is 5.53. The van der Waals surface area contributed by atoms with Crippen molar-refractivity contribution in [2.45, 2.75) is 25.2 Å². The van der Waals surface area contributed by atoms with Crippen molar-refractivity contribution in [3.8, 4) is 0 Å². The van der Waals surface area contributed by atoms with Gasteiger partial charge >= 0.3 is 5.69 Å². The zero-order valence-corrected chi connectivity index (χ0v) is 15.8. The number of ether oxygens (including phenoxy) is 2. The molecule has 0 atom stereocenters. The Morgan fingerprint density at radius 1 is 1.07 bits per heavy atom. The first-order chi connectivity index (χ1) is 14.1. The summed E-state index contributed by atoms with van der Waals surface area (Å²) >= 11 is 0. The maximum atomic E-state index is 12.8. The van der Waals surface area contributed by atoms with Gasteiger partial charge < -0.3 is 14.4 Å². The molecule has 0 bridgehead atoms. The second-order valence-corrected chi connectivity index (χ2v) is 7.33. The van der Waals surface area contributed by atoms with E-state index in [4.69, 9.17) is 9.47 Å². The summed E-state index contributed by atoms with van der Waals surface area (Å²) in [6.45, 7) is 2.81. The van der Waals surface area contributed by atoms with Crippen LogP contribution in [-0.4, -0.2) is 51.6 Å². The minimum Gasteiger partial charge on any atom is -0.347 e. The summed E-state index contributed by atoms with van der Waals surface area (Å²) in [7, 11) is 0. The molecule has 2 saturated heterocycles. The van der Waals surface area contributed by atoms with E-state index in [1.807, 2.05) is 35.2 Å². The molecule has 0 saturated carbocycles. The van der Waals surface area contributed by atoms with E-state index in [0.29, 0.717) is 37.6 Å². The first kappa shape index (κ1) is 18.0. The second-order valence-electron chi connectivity index (χ2n) is 7.33. The van der Waals surface area contributed by atoms with Crippen LogP contribution in [0.4, 0.5) is 5.95 Å². The maximum absolute atomic E-state index is 12.8. The van der Waals surface area contributed by atoms with E-state index in [9.17, 15) is 9.59 Å². The minimum atomic E-state index is -0.485. The first-order valence-electron chi connectivity index (χ1n) is 9.70. The number of benzene rings is 1. The number of anilines is 1. The Kier molecular flexibility index (Phi) is 4.40. The third-order valence-corrected chi connectivity index (χ3v) is 5.53. The van der Waals surface area contributed by atoms with Crippen molar-refractivity contribution < 1.29 is 9.47 Å². The molecule has 9 heteroatoms. The Hall–Kier alpha value is -3.04. The molecule has 2 aliphatic rings. The molecule has 2 aromatic heterocycles. The highest BCUT2D eigenvalue weighted by atomic mass is 16.7. The van der Waals surface area contributed by atoms with Crippen molar-refractivity contribution in [1.29, 1.82) is 0 Å². The molecule has 0 radical (unpaired) electrons. The second kappa shape index (κ2) is 7.09. The average molecular weight is 395 g/mol. The highest BCUT2D eigenvalue weighted by molar-refractivity contribution is 5.73. The van der Waals surface area contributed by atoms with Crippen LogP contribution in [0.2, 0.25) is 0 Å². The number of aromatic nitrogens is 4. The largest absolute Gasteiger partial charge is 0.347 e.